The van der Waals surface area contributed by atoms with Crippen molar-refractivity contribution in [2.75, 3.05) is 0 Å². The molecule has 12 heavy (non-hydrogen) atoms. The fourth-order valence-electron chi connectivity index (χ4n) is 1.25. The van der Waals surface area contributed by atoms with Crippen LogP contribution in [0.15, 0.2) is 28.7 Å². The van der Waals surface area contributed by atoms with E-state index in [1.54, 1.807) is 0 Å². The Kier molecular flexibility index (Phi) is 1.89. The molecule has 1 aromatic heterocycles. The van der Waals surface area contributed by atoms with Crippen LogP contribution in [0.5, 0.6) is 0 Å². The summed E-state index contributed by atoms with van der Waals surface area (Å²) >= 11 is 3.40. The van der Waals surface area contributed by atoms with Crippen molar-refractivity contribution in [3.63, 3.8) is 0 Å². The number of benzene rings is 1. The van der Waals surface area contributed by atoms with Gasteiger partial charge in [0.15, 0.2) is 0 Å². The molecule has 0 aliphatic heterocycles. The first-order valence-corrected chi connectivity index (χ1v) is 4.42. The number of H-pyrrole nitrogens is 1. The first-order valence-electron chi connectivity index (χ1n) is 3.63. The molecule has 0 fully saturated rings. The van der Waals surface area contributed by atoms with Crippen molar-refractivity contribution in [1.82, 2.24) is 4.98 Å². The zero-order valence-electron chi connectivity index (χ0n) is 6.27. The summed E-state index contributed by atoms with van der Waals surface area (Å²) in [5.41, 5.74) is 1.59. The Morgan fingerprint density at radius 1 is 1.42 bits per heavy atom. The standard InChI is InChI=1S/C9H7BrFN/c10-8-2-1-3-9-7(8)4-6(5-11)12-9/h1-4,12H,5H2. The summed E-state index contributed by atoms with van der Waals surface area (Å²) < 4.78 is 13.2. The van der Waals surface area contributed by atoms with Crippen LogP contribution in [0.3, 0.4) is 0 Å². The Morgan fingerprint density at radius 2 is 2.25 bits per heavy atom. The van der Waals surface area contributed by atoms with E-state index in [1.165, 1.54) is 0 Å². The number of aromatic amines is 1. The van der Waals surface area contributed by atoms with Crippen LogP contribution in [0.25, 0.3) is 10.9 Å². The minimum absolute atomic E-state index is 0.443. The fourth-order valence-corrected chi connectivity index (χ4v) is 1.73. The zero-order valence-corrected chi connectivity index (χ0v) is 7.86. The Morgan fingerprint density at radius 3 is 2.92 bits per heavy atom. The largest absolute Gasteiger partial charge is 0.356 e. The molecule has 0 saturated carbocycles. The summed E-state index contributed by atoms with van der Waals surface area (Å²) in [6, 6.07) is 7.61. The Bertz CT molecular complexity index is 408. The highest BCUT2D eigenvalue weighted by atomic mass is 79.9. The molecule has 1 aromatic carbocycles. The molecule has 0 atom stereocenters. The second-order valence-electron chi connectivity index (χ2n) is 2.63. The zero-order chi connectivity index (χ0) is 8.55. The molecular weight excluding hydrogens is 221 g/mol. The molecule has 0 aliphatic rings. The van der Waals surface area contributed by atoms with E-state index >= 15 is 0 Å². The van der Waals surface area contributed by atoms with E-state index in [9.17, 15) is 4.39 Å². The third kappa shape index (κ3) is 1.14. The van der Waals surface area contributed by atoms with E-state index in [4.69, 9.17) is 0 Å². The van der Waals surface area contributed by atoms with Gasteiger partial charge in [-0.1, -0.05) is 22.0 Å². The predicted octanol–water partition coefficient (Wildman–Crippen LogP) is 3.40. The van der Waals surface area contributed by atoms with E-state index in [0.717, 1.165) is 15.4 Å². The topological polar surface area (TPSA) is 15.8 Å². The van der Waals surface area contributed by atoms with Gasteiger partial charge in [-0.2, -0.15) is 0 Å². The molecule has 1 heterocycles. The number of nitrogens with one attached hydrogen (secondary N) is 1. The molecule has 0 saturated heterocycles. The van der Waals surface area contributed by atoms with Crippen LogP contribution in [0.4, 0.5) is 4.39 Å². The summed E-state index contributed by atoms with van der Waals surface area (Å²) in [5, 5.41) is 1.03. The second-order valence-corrected chi connectivity index (χ2v) is 3.48. The van der Waals surface area contributed by atoms with Gasteiger partial charge in [0.25, 0.3) is 0 Å². The summed E-state index contributed by atoms with van der Waals surface area (Å²) in [7, 11) is 0. The lowest BCUT2D eigenvalue weighted by Gasteiger charge is -1.90. The fraction of sp³-hybridized carbons (Fsp3) is 0.111. The van der Waals surface area contributed by atoms with Gasteiger partial charge in [-0.05, 0) is 18.2 Å². The van der Waals surface area contributed by atoms with Gasteiger partial charge in [-0.25, -0.2) is 4.39 Å². The van der Waals surface area contributed by atoms with Crippen LogP contribution in [-0.4, -0.2) is 4.98 Å². The highest BCUT2D eigenvalue weighted by Crippen LogP contribution is 2.24. The Balaban J connectivity index is 2.74. The SMILES string of the molecule is FCc1cc2c(Br)cccc2[nH]1. The molecule has 2 rings (SSSR count). The van der Waals surface area contributed by atoms with Crippen molar-refractivity contribution < 1.29 is 4.39 Å². The highest BCUT2D eigenvalue weighted by Gasteiger charge is 2.01. The van der Waals surface area contributed by atoms with E-state index in [2.05, 4.69) is 20.9 Å². The van der Waals surface area contributed by atoms with Crippen molar-refractivity contribution in [2.45, 2.75) is 6.67 Å². The molecule has 0 unspecified atom stereocenters. The van der Waals surface area contributed by atoms with Crippen molar-refractivity contribution in [3.8, 4) is 0 Å². The van der Waals surface area contributed by atoms with Gasteiger partial charge in [0.05, 0.1) is 0 Å². The minimum Gasteiger partial charge on any atom is -0.356 e. The maximum Gasteiger partial charge on any atom is 0.129 e. The quantitative estimate of drug-likeness (QED) is 0.769. The third-order valence-electron chi connectivity index (χ3n) is 1.81. The van der Waals surface area contributed by atoms with Gasteiger partial charge in [0.1, 0.15) is 6.67 Å². The van der Waals surface area contributed by atoms with Gasteiger partial charge < -0.3 is 4.98 Å². The number of alkyl halides is 1. The predicted molar refractivity (Wildman–Crippen MR) is 50.8 cm³/mol. The molecule has 1 N–H and O–H groups in total. The van der Waals surface area contributed by atoms with Gasteiger partial charge in [0.2, 0.25) is 0 Å². The number of hydrogen-bond acceptors (Lipinski definition) is 0. The third-order valence-corrected chi connectivity index (χ3v) is 2.50. The lowest BCUT2D eigenvalue weighted by molar-refractivity contribution is 0.478. The minimum atomic E-state index is -0.443. The first kappa shape index (κ1) is 7.80. The molecule has 1 nitrogen and oxygen atoms in total. The monoisotopic (exact) mass is 227 g/mol. The van der Waals surface area contributed by atoms with Gasteiger partial charge in [-0.15, -0.1) is 0 Å². The lowest BCUT2D eigenvalue weighted by Crippen LogP contribution is -1.73. The number of fused-ring (bicyclic) bond motifs is 1. The number of aromatic nitrogens is 1. The summed E-state index contributed by atoms with van der Waals surface area (Å²) in [5.74, 6) is 0. The van der Waals surface area contributed by atoms with E-state index in [0.29, 0.717) is 5.69 Å². The van der Waals surface area contributed by atoms with Gasteiger partial charge >= 0.3 is 0 Å². The van der Waals surface area contributed by atoms with E-state index < -0.39 is 6.67 Å². The first-order chi connectivity index (χ1) is 5.81. The van der Waals surface area contributed by atoms with E-state index in [1.807, 2.05) is 24.3 Å². The summed E-state index contributed by atoms with van der Waals surface area (Å²) in [6.45, 7) is -0.443. The Labute approximate surface area is 77.7 Å². The lowest BCUT2D eigenvalue weighted by atomic mass is 10.2. The van der Waals surface area contributed by atoms with E-state index in [-0.39, 0.29) is 0 Å². The van der Waals surface area contributed by atoms with Crippen LogP contribution in [0.2, 0.25) is 0 Å². The maximum absolute atomic E-state index is 12.2. The number of halogens is 2. The second kappa shape index (κ2) is 2.90. The summed E-state index contributed by atoms with van der Waals surface area (Å²) in [4.78, 5) is 2.98. The summed E-state index contributed by atoms with van der Waals surface area (Å²) in [6.07, 6.45) is 0. The van der Waals surface area contributed by atoms with Gasteiger partial charge in [0, 0.05) is 21.1 Å². The average molecular weight is 228 g/mol. The molecule has 62 valence electrons. The molecule has 0 radical (unpaired) electrons. The van der Waals surface area contributed by atoms with Gasteiger partial charge in [-0.3, -0.25) is 0 Å². The van der Waals surface area contributed by atoms with Crippen LogP contribution in [0.1, 0.15) is 5.69 Å². The van der Waals surface area contributed by atoms with Crippen LogP contribution in [0, 0.1) is 0 Å². The molecular formula is C9H7BrFN. The highest BCUT2D eigenvalue weighted by molar-refractivity contribution is 9.10. The smallest absolute Gasteiger partial charge is 0.129 e. The normalized spacial score (nSPS) is 10.8. The molecule has 0 amide bonds. The molecule has 0 spiro atoms. The Hall–Kier alpha value is -0.830. The molecule has 0 bridgehead atoms. The number of rotatable bonds is 1. The van der Waals surface area contributed by atoms with Crippen molar-refractivity contribution in [3.05, 3.63) is 34.4 Å². The van der Waals surface area contributed by atoms with Crippen LogP contribution >= 0.6 is 15.9 Å². The molecule has 3 heteroatoms. The van der Waals surface area contributed by atoms with Crippen LogP contribution in [-0.2, 0) is 6.67 Å². The van der Waals surface area contributed by atoms with Crippen molar-refractivity contribution in [2.24, 2.45) is 0 Å². The molecule has 2 aromatic rings. The molecule has 0 aliphatic carbocycles. The average Bonchev–Trinajstić information content (AvgIpc) is 2.49. The maximum atomic E-state index is 12.2. The van der Waals surface area contributed by atoms with Crippen molar-refractivity contribution >= 4 is 26.8 Å². The number of hydrogen-bond donors (Lipinski definition) is 1. The van der Waals surface area contributed by atoms with Crippen LogP contribution < -0.4 is 0 Å². The van der Waals surface area contributed by atoms with Crippen molar-refractivity contribution in [1.29, 1.82) is 0 Å².